The van der Waals surface area contributed by atoms with E-state index in [1.807, 2.05) is 15.6 Å². The van der Waals surface area contributed by atoms with Gasteiger partial charge in [-0.1, -0.05) is 54.9 Å². The Morgan fingerprint density at radius 3 is 2.56 bits per heavy atom. The summed E-state index contributed by atoms with van der Waals surface area (Å²) in [6, 6.07) is 10.9. The number of rotatable bonds is 6. The first-order valence-electron chi connectivity index (χ1n) is 9.74. The normalized spacial score (nSPS) is 18.9. The second kappa shape index (κ2) is 8.84. The highest BCUT2D eigenvalue weighted by atomic mass is 32.2. The molecule has 1 saturated carbocycles. The minimum absolute atomic E-state index is 0.181. The predicted octanol–water partition coefficient (Wildman–Crippen LogP) is 2.22. The molecule has 7 nitrogen and oxygen atoms in total. The minimum Gasteiger partial charge on any atom is -0.339 e. The molecule has 27 heavy (non-hydrogen) atoms. The topological polar surface area (TPSA) is 67.2 Å². The van der Waals surface area contributed by atoms with Crippen molar-refractivity contribution in [1.82, 2.24) is 30.0 Å². The third-order valence-corrected chi connectivity index (χ3v) is 6.35. The van der Waals surface area contributed by atoms with Gasteiger partial charge in [0.1, 0.15) is 0 Å². The largest absolute Gasteiger partial charge is 0.339 e. The molecule has 0 spiro atoms. The lowest BCUT2D eigenvalue weighted by atomic mass is 10.2. The van der Waals surface area contributed by atoms with Gasteiger partial charge in [-0.2, -0.15) is 0 Å². The molecule has 1 saturated heterocycles. The molecule has 0 atom stereocenters. The zero-order valence-corrected chi connectivity index (χ0v) is 16.4. The van der Waals surface area contributed by atoms with E-state index in [-0.39, 0.29) is 5.91 Å². The maximum absolute atomic E-state index is 12.6. The number of carbonyl (C=O) groups is 1. The van der Waals surface area contributed by atoms with Gasteiger partial charge in [0.25, 0.3) is 0 Å². The first-order chi connectivity index (χ1) is 13.3. The van der Waals surface area contributed by atoms with Gasteiger partial charge < -0.3 is 4.90 Å². The Kier molecular flexibility index (Phi) is 6.03. The van der Waals surface area contributed by atoms with Crippen LogP contribution in [0, 0.1) is 0 Å². The number of tetrazole rings is 1. The number of benzene rings is 1. The van der Waals surface area contributed by atoms with Crippen LogP contribution in [0.1, 0.15) is 37.3 Å². The van der Waals surface area contributed by atoms with E-state index in [1.165, 1.54) is 30.2 Å². The number of carbonyl (C=O) groups excluding carboxylic acids is 1. The van der Waals surface area contributed by atoms with Crippen molar-refractivity contribution < 1.29 is 4.79 Å². The fraction of sp³-hybridized carbons (Fsp3) is 0.579. The van der Waals surface area contributed by atoms with E-state index < -0.39 is 0 Å². The standard InChI is InChI=1S/C19H26N6OS/c26-18(15-27-19-20-21-22-25(19)17-8-4-5-9-17)24-12-10-23(11-13-24)14-16-6-2-1-3-7-16/h1-3,6-7,17H,4-5,8-15H2. The summed E-state index contributed by atoms with van der Waals surface area (Å²) in [6.45, 7) is 4.38. The van der Waals surface area contributed by atoms with E-state index >= 15 is 0 Å². The zero-order valence-electron chi connectivity index (χ0n) is 15.5. The maximum Gasteiger partial charge on any atom is 0.233 e. The fourth-order valence-electron chi connectivity index (χ4n) is 3.87. The second-order valence-electron chi connectivity index (χ2n) is 7.28. The number of hydrogen-bond donors (Lipinski definition) is 0. The first-order valence-corrected chi connectivity index (χ1v) is 10.7. The summed E-state index contributed by atoms with van der Waals surface area (Å²) in [4.78, 5) is 17.0. The van der Waals surface area contributed by atoms with Gasteiger partial charge in [-0.25, -0.2) is 4.68 Å². The molecule has 1 amide bonds. The molecule has 1 aliphatic carbocycles. The molecule has 1 aromatic heterocycles. The Morgan fingerprint density at radius 1 is 1.07 bits per heavy atom. The van der Waals surface area contributed by atoms with Crippen LogP contribution in [0.15, 0.2) is 35.5 Å². The van der Waals surface area contributed by atoms with Crippen molar-refractivity contribution in [3.8, 4) is 0 Å². The SMILES string of the molecule is O=C(CSc1nnnn1C1CCCC1)N1CCN(Cc2ccccc2)CC1. The van der Waals surface area contributed by atoms with Gasteiger partial charge in [0, 0.05) is 32.7 Å². The van der Waals surface area contributed by atoms with Gasteiger partial charge in [0.15, 0.2) is 0 Å². The summed E-state index contributed by atoms with van der Waals surface area (Å²) < 4.78 is 1.92. The summed E-state index contributed by atoms with van der Waals surface area (Å²) in [5, 5.41) is 12.9. The quantitative estimate of drug-likeness (QED) is 0.709. The van der Waals surface area contributed by atoms with Crippen LogP contribution in [0.25, 0.3) is 0 Å². The lowest BCUT2D eigenvalue weighted by molar-refractivity contribution is -0.130. The molecule has 2 heterocycles. The molecule has 0 radical (unpaired) electrons. The molecule has 0 bridgehead atoms. The van der Waals surface area contributed by atoms with Crippen molar-refractivity contribution in [2.75, 3.05) is 31.9 Å². The van der Waals surface area contributed by atoms with E-state index in [4.69, 9.17) is 0 Å². The maximum atomic E-state index is 12.6. The van der Waals surface area contributed by atoms with Crippen molar-refractivity contribution in [3.05, 3.63) is 35.9 Å². The number of hydrogen-bond acceptors (Lipinski definition) is 6. The number of nitrogens with zero attached hydrogens (tertiary/aromatic N) is 6. The monoisotopic (exact) mass is 386 g/mol. The average molecular weight is 387 g/mol. The van der Waals surface area contributed by atoms with E-state index in [1.54, 1.807) is 0 Å². The molecule has 0 N–H and O–H groups in total. The Balaban J connectivity index is 1.24. The van der Waals surface area contributed by atoms with Crippen LogP contribution in [-0.2, 0) is 11.3 Å². The van der Waals surface area contributed by atoms with Crippen LogP contribution in [0.3, 0.4) is 0 Å². The van der Waals surface area contributed by atoms with Crippen LogP contribution in [-0.4, -0.2) is 67.8 Å². The van der Waals surface area contributed by atoms with Crippen LogP contribution < -0.4 is 0 Å². The van der Waals surface area contributed by atoms with Gasteiger partial charge in [0.05, 0.1) is 11.8 Å². The smallest absolute Gasteiger partial charge is 0.233 e. The number of thioether (sulfide) groups is 1. The molecule has 2 fully saturated rings. The Morgan fingerprint density at radius 2 is 1.81 bits per heavy atom. The summed E-state index contributed by atoms with van der Waals surface area (Å²) in [5.41, 5.74) is 1.33. The highest BCUT2D eigenvalue weighted by Gasteiger charge is 2.24. The van der Waals surface area contributed by atoms with Crippen LogP contribution in [0.4, 0.5) is 0 Å². The average Bonchev–Trinajstić information content (AvgIpc) is 3.39. The molecule has 2 aliphatic rings. The molecule has 8 heteroatoms. The third kappa shape index (κ3) is 4.68. The first kappa shape index (κ1) is 18.4. The van der Waals surface area contributed by atoms with Crippen LogP contribution >= 0.6 is 11.8 Å². The van der Waals surface area contributed by atoms with Crippen molar-refractivity contribution in [2.45, 2.75) is 43.4 Å². The van der Waals surface area contributed by atoms with Crippen molar-refractivity contribution >= 4 is 17.7 Å². The predicted molar refractivity (Wildman–Crippen MR) is 104 cm³/mol. The molecule has 2 aromatic rings. The molecular formula is C19H26N6OS. The molecule has 4 rings (SSSR count). The van der Waals surface area contributed by atoms with E-state index in [9.17, 15) is 4.79 Å². The summed E-state index contributed by atoms with van der Waals surface area (Å²) in [7, 11) is 0. The van der Waals surface area contributed by atoms with Crippen LogP contribution in [0.2, 0.25) is 0 Å². The lowest BCUT2D eigenvalue weighted by Crippen LogP contribution is -2.48. The molecule has 1 aromatic carbocycles. The molecular weight excluding hydrogens is 360 g/mol. The van der Waals surface area contributed by atoms with E-state index in [2.05, 4.69) is 44.7 Å². The van der Waals surface area contributed by atoms with Crippen LogP contribution in [0.5, 0.6) is 0 Å². The molecule has 144 valence electrons. The molecule has 0 unspecified atom stereocenters. The van der Waals surface area contributed by atoms with Gasteiger partial charge in [0.2, 0.25) is 11.1 Å². The highest BCUT2D eigenvalue weighted by Crippen LogP contribution is 2.31. The Bertz CT molecular complexity index is 738. The molecule has 1 aliphatic heterocycles. The lowest BCUT2D eigenvalue weighted by Gasteiger charge is -2.34. The van der Waals surface area contributed by atoms with Crippen molar-refractivity contribution in [2.24, 2.45) is 0 Å². The second-order valence-corrected chi connectivity index (χ2v) is 8.22. The number of aromatic nitrogens is 4. The Labute approximate surface area is 164 Å². The van der Waals surface area contributed by atoms with Gasteiger partial charge in [-0.3, -0.25) is 9.69 Å². The summed E-state index contributed by atoms with van der Waals surface area (Å²) in [6.07, 6.45) is 4.74. The zero-order chi connectivity index (χ0) is 18.5. The fourth-order valence-corrected chi connectivity index (χ4v) is 4.72. The Hall–Kier alpha value is -1.93. The number of piperazine rings is 1. The summed E-state index contributed by atoms with van der Waals surface area (Å²) >= 11 is 1.47. The van der Waals surface area contributed by atoms with Gasteiger partial charge >= 0.3 is 0 Å². The minimum atomic E-state index is 0.181. The van der Waals surface area contributed by atoms with Gasteiger partial charge in [-0.05, 0) is 28.8 Å². The highest BCUT2D eigenvalue weighted by molar-refractivity contribution is 7.99. The third-order valence-electron chi connectivity index (χ3n) is 5.43. The van der Waals surface area contributed by atoms with E-state index in [0.29, 0.717) is 11.8 Å². The van der Waals surface area contributed by atoms with Gasteiger partial charge in [-0.15, -0.1) is 5.10 Å². The van der Waals surface area contributed by atoms with Crippen molar-refractivity contribution in [3.63, 3.8) is 0 Å². The summed E-state index contributed by atoms with van der Waals surface area (Å²) in [5.74, 6) is 0.589. The van der Waals surface area contributed by atoms with E-state index in [0.717, 1.165) is 50.7 Å². The number of amides is 1. The van der Waals surface area contributed by atoms with Crippen molar-refractivity contribution in [1.29, 1.82) is 0 Å².